The standard InChI is InChI=1S/C27H34N4O4S/c1-18-6-10-20(11-7-18)31-25(26(32)28-2)22-16-21(19-8-9-19)24(17-23(22)29-31)30(36(4,33)34)15-14-27(35-3)12-5-13-27/h6-7,10-11,16-17,19H,5,8-9,12-15H2,1-4H3,(H,28,32). The number of benzene rings is 2. The van der Waals surface area contributed by atoms with E-state index >= 15 is 0 Å². The van der Waals surface area contributed by atoms with Crippen LogP contribution < -0.4 is 9.62 Å². The lowest BCUT2D eigenvalue weighted by Crippen LogP contribution is -2.43. The van der Waals surface area contributed by atoms with Crippen molar-refractivity contribution in [1.29, 1.82) is 0 Å². The molecule has 0 unspecified atom stereocenters. The van der Waals surface area contributed by atoms with Gasteiger partial charge in [0.05, 0.1) is 28.7 Å². The fraction of sp³-hybridized carbons (Fsp3) is 0.481. The number of anilines is 1. The highest BCUT2D eigenvalue weighted by molar-refractivity contribution is 7.92. The summed E-state index contributed by atoms with van der Waals surface area (Å²) in [5, 5.41) is 8.26. The topological polar surface area (TPSA) is 93.5 Å². The lowest BCUT2D eigenvalue weighted by atomic mass is 9.77. The van der Waals surface area contributed by atoms with Crippen LogP contribution in [0.2, 0.25) is 0 Å². The molecule has 1 amide bonds. The fourth-order valence-electron chi connectivity index (χ4n) is 5.18. The Bertz CT molecular complexity index is 1400. The minimum atomic E-state index is -3.55. The number of nitrogens with one attached hydrogen (secondary N) is 1. The predicted molar refractivity (Wildman–Crippen MR) is 142 cm³/mol. The maximum atomic E-state index is 13.1. The van der Waals surface area contributed by atoms with Gasteiger partial charge in [-0.2, -0.15) is 5.10 Å². The second-order valence-corrected chi connectivity index (χ2v) is 12.1. The highest BCUT2D eigenvalue weighted by Crippen LogP contribution is 2.47. The van der Waals surface area contributed by atoms with Gasteiger partial charge in [-0.3, -0.25) is 9.10 Å². The molecule has 2 saturated carbocycles. The number of aromatic nitrogens is 2. The summed E-state index contributed by atoms with van der Waals surface area (Å²) in [7, 11) is -0.230. The van der Waals surface area contributed by atoms with Crippen molar-refractivity contribution in [3.8, 4) is 5.69 Å². The number of amides is 1. The van der Waals surface area contributed by atoms with Gasteiger partial charge in [0, 0.05) is 26.1 Å². The molecule has 0 saturated heterocycles. The lowest BCUT2D eigenvalue weighted by molar-refractivity contribution is -0.0753. The summed E-state index contributed by atoms with van der Waals surface area (Å²) >= 11 is 0. The van der Waals surface area contributed by atoms with E-state index < -0.39 is 10.0 Å². The molecule has 0 bridgehead atoms. The predicted octanol–water partition coefficient (Wildman–Crippen LogP) is 4.30. The third-order valence-electron chi connectivity index (χ3n) is 7.69. The Morgan fingerprint density at radius 2 is 1.92 bits per heavy atom. The number of carbonyl (C=O) groups is 1. The van der Waals surface area contributed by atoms with E-state index in [1.54, 1.807) is 18.8 Å². The van der Waals surface area contributed by atoms with E-state index in [0.29, 0.717) is 29.9 Å². The van der Waals surface area contributed by atoms with Gasteiger partial charge in [0.2, 0.25) is 10.0 Å². The van der Waals surface area contributed by atoms with E-state index in [1.165, 1.54) is 10.6 Å². The van der Waals surface area contributed by atoms with Gasteiger partial charge in [-0.05, 0) is 81.2 Å². The molecule has 0 spiro atoms. The second kappa shape index (κ2) is 9.19. The van der Waals surface area contributed by atoms with Crippen molar-refractivity contribution >= 4 is 32.5 Å². The second-order valence-electron chi connectivity index (χ2n) is 10.2. The zero-order valence-corrected chi connectivity index (χ0v) is 22.2. The number of sulfonamides is 1. The molecule has 1 aromatic heterocycles. The maximum Gasteiger partial charge on any atom is 0.270 e. The summed E-state index contributed by atoms with van der Waals surface area (Å²) in [6.07, 6.45) is 6.90. The molecular formula is C27H34N4O4S. The molecule has 1 N–H and O–H groups in total. The Balaban J connectivity index is 1.66. The van der Waals surface area contributed by atoms with Crippen LogP contribution in [0.4, 0.5) is 5.69 Å². The van der Waals surface area contributed by atoms with Crippen LogP contribution in [-0.2, 0) is 14.8 Å². The Morgan fingerprint density at radius 3 is 2.44 bits per heavy atom. The van der Waals surface area contributed by atoms with Crippen molar-refractivity contribution in [3.05, 3.63) is 53.2 Å². The molecule has 1 heterocycles. The van der Waals surface area contributed by atoms with Gasteiger partial charge in [-0.15, -0.1) is 0 Å². The summed E-state index contributed by atoms with van der Waals surface area (Å²) in [6, 6.07) is 11.7. The van der Waals surface area contributed by atoms with E-state index in [-0.39, 0.29) is 17.4 Å². The highest BCUT2D eigenvalue weighted by Gasteiger charge is 2.39. The van der Waals surface area contributed by atoms with Crippen LogP contribution in [0, 0.1) is 6.92 Å². The molecule has 0 aliphatic heterocycles. The van der Waals surface area contributed by atoms with Crippen LogP contribution in [0.25, 0.3) is 16.6 Å². The van der Waals surface area contributed by atoms with Gasteiger partial charge >= 0.3 is 0 Å². The van der Waals surface area contributed by atoms with Crippen LogP contribution in [-0.4, -0.2) is 56.7 Å². The quantitative estimate of drug-likeness (QED) is 0.463. The summed E-state index contributed by atoms with van der Waals surface area (Å²) in [4.78, 5) is 13.0. The summed E-state index contributed by atoms with van der Waals surface area (Å²) in [6.45, 7) is 2.35. The zero-order chi connectivity index (χ0) is 25.7. The van der Waals surface area contributed by atoms with Crippen molar-refractivity contribution in [1.82, 2.24) is 15.1 Å². The van der Waals surface area contributed by atoms with Gasteiger partial charge < -0.3 is 10.1 Å². The lowest BCUT2D eigenvalue weighted by Gasteiger charge is -2.42. The normalized spacial score (nSPS) is 17.1. The average Bonchev–Trinajstić information content (AvgIpc) is 3.60. The van der Waals surface area contributed by atoms with Gasteiger partial charge in [0.25, 0.3) is 5.91 Å². The summed E-state index contributed by atoms with van der Waals surface area (Å²) in [5.41, 5.74) is 4.30. The molecule has 8 nitrogen and oxygen atoms in total. The van der Waals surface area contributed by atoms with E-state index in [1.807, 2.05) is 43.3 Å². The summed E-state index contributed by atoms with van der Waals surface area (Å²) < 4.78 is 35.0. The molecule has 5 rings (SSSR count). The summed E-state index contributed by atoms with van der Waals surface area (Å²) in [5.74, 6) is 0.0357. The first kappa shape index (κ1) is 24.8. The van der Waals surface area contributed by atoms with Crippen molar-refractivity contribution in [2.45, 2.75) is 57.0 Å². The van der Waals surface area contributed by atoms with E-state index in [4.69, 9.17) is 9.84 Å². The number of aryl methyl sites for hydroxylation is 1. The smallest absolute Gasteiger partial charge is 0.270 e. The first-order chi connectivity index (χ1) is 17.2. The molecule has 9 heteroatoms. The molecule has 36 heavy (non-hydrogen) atoms. The average molecular weight is 511 g/mol. The largest absolute Gasteiger partial charge is 0.378 e. The zero-order valence-electron chi connectivity index (χ0n) is 21.4. The molecule has 3 aromatic rings. The first-order valence-electron chi connectivity index (χ1n) is 12.5. The molecular weight excluding hydrogens is 476 g/mol. The Hall–Kier alpha value is -2.91. The van der Waals surface area contributed by atoms with Gasteiger partial charge in [0.1, 0.15) is 5.69 Å². The van der Waals surface area contributed by atoms with E-state index in [2.05, 4.69) is 5.32 Å². The monoisotopic (exact) mass is 510 g/mol. The maximum absolute atomic E-state index is 13.1. The van der Waals surface area contributed by atoms with Crippen LogP contribution in [0.3, 0.4) is 0 Å². The molecule has 2 fully saturated rings. The van der Waals surface area contributed by atoms with E-state index in [9.17, 15) is 13.2 Å². The van der Waals surface area contributed by atoms with Gasteiger partial charge in [0.15, 0.2) is 0 Å². The van der Waals surface area contributed by atoms with E-state index in [0.717, 1.165) is 54.3 Å². The number of hydrogen-bond donors (Lipinski definition) is 1. The third kappa shape index (κ3) is 4.50. The number of carbonyl (C=O) groups excluding carboxylic acids is 1. The Labute approximate surface area is 212 Å². The van der Waals surface area contributed by atoms with Gasteiger partial charge in [-0.1, -0.05) is 17.7 Å². The SMILES string of the molecule is CNC(=O)c1c2cc(C3CC3)c(N(CCC3(OC)CCC3)S(C)(=O)=O)cc2nn1-c1ccc(C)cc1. The van der Waals surface area contributed by atoms with Crippen molar-refractivity contribution < 1.29 is 17.9 Å². The molecule has 192 valence electrons. The Kier molecular flexibility index (Phi) is 6.32. The van der Waals surface area contributed by atoms with Crippen molar-refractivity contribution in [2.75, 3.05) is 31.3 Å². The highest BCUT2D eigenvalue weighted by atomic mass is 32.2. The number of nitrogens with zero attached hydrogens (tertiary/aromatic N) is 3. The molecule has 2 aromatic carbocycles. The van der Waals surface area contributed by atoms with Crippen LogP contribution in [0.5, 0.6) is 0 Å². The van der Waals surface area contributed by atoms with Crippen molar-refractivity contribution in [2.24, 2.45) is 0 Å². The third-order valence-corrected chi connectivity index (χ3v) is 8.87. The fourth-order valence-corrected chi connectivity index (χ4v) is 6.12. The van der Waals surface area contributed by atoms with Crippen LogP contribution in [0.1, 0.15) is 66.1 Å². The molecule has 2 aliphatic carbocycles. The Morgan fingerprint density at radius 1 is 1.22 bits per heavy atom. The number of ether oxygens (including phenoxy) is 1. The molecule has 2 aliphatic rings. The van der Waals surface area contributed by atoms with Crippen LogP contribution >= 0.6 is 0 Å². The first-order valence-corrected chi connectivity index (χ1v) is 14.4. The molecule has 0 atom stereocenters. The number of fused-ring (bicyclic) bond motifs is 1. The number of rotatable bonds is 9. The van der Waals surface area contributed by atoms with Gasteiger partial charge in [-0.25, -0.2) is 13.1 Å². The number of methoxy groups -OCH3 is 1. The minimum Gasteiger partial charge on any atom is -0.378 e. The molecule has 0 radical (unpaired) electrons. The van der Waals surface area contributed by atoms with Crippen LogP contribution in [0.15, 0.2) is 36.4 Å². The number of hydrogen-bond acceptors (Lipinski definition) is 5. The minimum absolute atomic E-state index is 0.237. The van der Waals surface area contributed by atoms with Crippen molar-refractivity contribution in [3.63, 3.8) is 0 Å².